The van der Waals surface area contributed by atoms with Crippen molar-refractivity contribution in [3.8, 4) is 5.88 Å². The largest absolute Gasteiger partial charge is 0.475 e. The summed E-state index contributed by atoms with van der Waals surface area (Å²) < 4.78 is 5.54. The Balaban J connectivity index is 1.75. The van der Waals surface area contributed by atoms with Crippen molar-refractivity contribution in [1.82, 2.24) is 20.2 Å². The Hall–Kier alpha value is -1.40. The van der Waals surface area contributed by atoms with E-state index >= 15 is 0 Å². The van der Waals surface area contributed by atoms with Crippen LogP contribution in [0.2, 0.25) is 0 Å². The van der Waals surface area contributed by atoms with E-state index in [1.54, 1.807) is 12.3 Å². The minimum Gasteiger partial charge on any atom is -0.475 e. The first-order chi connectivity index (χ1) is 9.24. The molecule has 0 bridgehead atoms. The molecule has 1 saturated heterocycles. The first-order valence-corrected chi connectivity index (χ1v) is 6.90. The van der Waals surface area contributed by atoms with Gasteiger partial charge in [0.15, 0.2) is 0 Å². The summed E-state index contributed by atoms with van der Waals surface area (Å²) in [5.74, 6) is 1.25. The molecule has 2 heterocycles. The van der Waals surface area contributed by atoms with Gasteiger partial charge in [-0.3, -0.25) is 4.90 Å². The van der Waals surface area contributed by atoms with Crippen molar-refractivity contribution in [3.05, 3.63) is 12.3 Å². The van der Waals surface area contributed by atoms with Crippen LogP contribution in [0.3, 0.4) is 0 Å². The van der Waals surface area contributed by atoms with E-state index in [2.05, 4.69) is 25.5 Å². The predicted molar refractivity (Wildman–Crippen MR) is 75.6 cm³/mol. The zero-order chi connectivity index (χ0) is 13.5. The van der Waals surface area contributed by atoms with Gasteiger partial charge in [0.25, 0.3) is 0 Å². The molecule has 1 aliphatic heterocycles. The van der Waals surface area contributed by atoms with Gasteiger partial charge in [0.05, 0.1) is 6.10 Å². The van der Waals surface area contributed by atoms with Crippen molar-refractivity contribution in [2.45, 2.75) is 20.0 Å². The molecular formula is C13H23N5O. The van der Waals surface area contributed by atoms with Crippen LogP contribution in [0, 0.1) is 0 Å². The summed E-state index contributed by atoms with van der Waals surface area (Å²) in [6.45, 7) is 10.2. The lowest BCUT2D eigenvalue weighted by atomic mass is 10.3. The maximum atomic E-state index is 5.54. The van der Waals surface area contributed by atoms with Crippen LogP contribution in [-0.4, -0.2) is 60.2 Å². The van der Waals surface area contributed by atoms with Crippen molar-refractivity contribution in [2.75, 3.05) is 44.6 Å². The summed E-state index contributed by atoms with van der Waals surface area (Å²) in [7, 11) is 0. The Morgan fingerprint density at radius 2 is 2.21 bits per heavy atom. The SMILES string of the molecule is CC(C)Oc1ccnc(NCCN2CCNCC2)n1. The zero-order valence-electron chi connectivity index (χ0n) is 11.7. The molecule has 0 unspecified atom stereocenters. The summed E-state index contributed by atoms with van der Waals surface area (Å²) in [5, 5.41) is 6.59. The average Bonchev–Trinajstić information content (AvgIpc) is 2.40. The molecule has 1 aromatic heterocycles. The maximum absolute atomic E-state index is 5.54. The number of hydrogen-bond donors (Lipinski definition) is 2. The van der Waals surface area contributed by atoms with Crippen LogP contribution in [0.1, 0.15) is 13.8 Å². The average molecular weight is 265 g/mol. The lowest BCUT2D eigenvalue weighted by molar-refractivity contribution is 0.232. The highest BCUT2D eigenvalue weighted by atomic mass is 16.5. The van der Waals surface area contributed by atoms with E-state index in [9.17, 15) is 0 Å². The van der Waals surface area contributed by atoms with E-state index in [0.29, 0.717) is 11.8 Å². The number of rotatable bonds is 6. The van der Waals surface area contributed by atoms with E-state index in [4.69, 9.17) is 4.74 Å². The maximum Gasteiger partial charge on any atom is 0.225 e. The molecular weight excluding hydrogens is 242 g/mol. The lowest BCUT2D eigenvalue weighted by Crippen LogP contribution is -2.45. The third-order valence-electron chi connectivity index (χ3n) is 2.91. The fraction of sp³-hybridized carbons (Fsp3) is 0.692. The monoisotopic (exact) mass is 265 g/mol. The Morgan fingerprint density at radius 1 is 1.42 bits per heavy atom. The van der Waals surface area contributed by atoms with Gasteiger partial charge in [0.2, 0.25) is 11.8 Å². The van der Waals surface area contributed by atoms with Gasteiger partial charge >= 0.3 is 0 Å². The molecule has 19 heavy (non-hydrogen) atoms. The van der Waals surface area contributed by atoms with Gasteiger partial charge in [-0.15, -0.1) is 0 Å². The van der Waals surface area contributed by atoms with Crippen LogP contribution >= 0.6 is 0 Å². The Morgan fingerprint density at radius 3 is 2.95 bits per heavy atom. The third-order valence-corrected chi connectivity index (χ3v) is 2.91. The zero-order valence-corrected chi connectivity index (χ0v) is 11.7. The van der Waals surface area contributed by atoms with Crippen molar-refractivity contribution >= 4 is 5.95 Å². The molecule has 0 radical (unpaired) electrons. The van der Waals surface area contributed by atoms with Crippen LogP contribution in [0.4, 0.5) is 5.95 Å². The van der Waals surface area contributed by atoms with E-state index in [-0.39, 0.29) is 6.10 Å². The summed E-state index contributed by atoms with van der Waals surface area (Å²) in [6, 6.07) is 1.78. The molecule has 0 amide bonds. The minimum atomic E-state index is 0.128. The van der Waals surface area contributed by atoms with Gasteiger partial charge in [0, 0.05) is 51.5 Å². The van der Waals surface area contributed by atoms with Crippen LogP contribution in [0.5, 0.6) is 5.88 Å². The summed E-state index contributed by atoms with van der Waals surface area (Å²) in [5.41, 5.74) is 0. The molecule has 6 heteroatoms. The second-order valence-electron chi connectivity index (χ2n) is 4.90. The smallest absolute Gasteiger partial charge is 0.225 e. The van der Waals surface area contributed by atoms with E-state index in [1.165, 1.54) is 0 Å². The first kappa shape index (κ1) is 14.0. The summed E-state index contributed by atoms with van der Waals surface area (Å²) >= 11 is 0. The van der Waals surface area contributed by atoms with Crippen molar-refractivity contribution in [2.24, 2.45) is 0 Å². The van der Waals surface area contributed by atoms with Gasteiger partial charge in [-0.25, -0.2) is 4.98 Å². The Kier molecular flexibility index (Phi) is 5.35. The van der Waals surface area contributed by atoms with Gasteiger partial charge in [0.1, 0.15) is 0 Å². The topological polar surface area (TPSA) is 62.3 Å². The predicted octanol–water partition coefficient (Wildman–Crippen LogP) is 0.581. The molecule has 0 aliphatic carbocycles. The van der Waals surface area contributed by atoms with Crippen LogP contribution in [0.25, 0.3) is 0 Å². The van der Waals surface area contributed by atoms with Gasteiger partial charge < -0.3 is 15.4 Å². The Labute approximate surface area is 114 Å². The number of anilines is 1. The highest BCUT2D eigenvalue weighted by molar-refractivity contribution is 5.27. The molecule has 1 fully saturated rings. The first-order valence-electron chi connectivity index (χ1n) is 6.90. The normalized spacial score (nSPS) is 16.6. The molecule has 1 aliphatic rings. The number of hydrogen-bond acceptors (Lipinski definition) is 6. The quantitative estimate of drug-likeness (QED) is 0.784. The number of nitrogens with one attached hydrogen (secondary N) is 2. The molecule has 0 atom stereocenters. The van der Waals surface area contributed by atoms with Gasteiger partial charge in [-0.05, 0) is 13.8 Å². The fourth-order valence-electron chi connectivity index (χ4n) is 2.00. The highest BCUT2D eigenvalue weighted by Crippen LogP contribution is 2.09. The van der Waals surface area contributed by atoms with Gasteiger partial charge in [-0.2, -0.15) is 4.98 Å². The van der Waals surface area contributed by atoms with Crippen LogP contribution < -0.4 is 15.4 Å². The number of piperazine rings is 1. The molecule has 6 nitrogen and oxygen atoms in total. The molecule has 2 N–H and O–H groups in total. The molecule has 0 saturated carbocycles. The van der Waals surface area contributed by atoms with Crippen molar-refractivity contribution < 1.29 is 4.74 Å². The molecule has 0 aromatic carbocycles. The number of ether oxygens (including phenoxy) is 1. The Bertz CT molecular complexity index is 379. The minimum absolute atomic E-state index is 0.128. The van der Waals surface area contributed by atoms with E-state index < -0.39 is 0 Å². The fourth-order valence-corrected chi connectivity index (χ4v) is 2.00. The van der Waals surface area contributed by atoms with E-state index in [1.807, 2.05) is 13.8 Å². The second kappa shape index (κ2) is 7.25. The number of nitrogens with zero attached hydrogens (tertiary/aromatic N) is 3. The summed E-state index contributed by atoms with van der Waals surface area (Å²) in [4.78, 5) is 10.9. The lowest BCUT2D eigenvalue weighted by Gasteiger charge is -2.27. The second-order valence-corrected chi connectivity index (χ2v) is 4.90. The molecule has 0 spiro atoms. The highest BCUT2D eigenvalue weighted by Gasteiger charge is 2.08. The molecule has 2 rings (SSSR count). The van der Waals surface area contributed by atoms with E-state index in [0.717, 1.165) is 39.3 Å². The third kappa shape index (κ3) is 5.00. The van der Waals surface area contributed by atoms with Gasteiger partial charge in [-0.1, -0.05) is 0 Å². The van der Waals surface area contributed by atoms with Crippen LogP contribution in [0.15, 0.2) is 12.3 Å². The summed E-state index contributed by atoms with van der Waals surface area (Å²) in [6.07, 6.45) is 1.85. The standard InChI is InChI=1S/C13H23N5O/c1-11(2)19-12-3-4-15-13(17-12)16-7-10-18-8-5-14-6-9-18/h3-4,11,14H,5-10H2,1-2H3,(H,15,16,17). The van der Waals surface area contributed by atoms with Crippen LogP contribution in [-0.2, 0) is 0 Å². The molecule has 106 valence electrons. The van der Waals surface area contributed by atoms with Crippen molar-refractivity contribution in [1.29, 1.82) is 0 Å². The number of aromatic nitrogens is 2. The van der Waals surface area contributed by atoms with Crippen molar-refractivity contribution in [3.63, 3.8) is 0 Å². The molecule has 1 aromatic rings.